The van der Waals surface area contributed by atoms with Crippen LogP contribution in [-0.4, -0.2) is 24.8 Å². The van der Waals surface area contributed by atoms with E-state index in [-0.39, 0.29) is 18.0 Å². The number of nitrogen functional groups attached to an aromatic ring is 1. The van der Waals surface area contributed by atoms with Crippen LogP contribution in [-0.2, 0) is 12.4 Å². The molecule has 11 heteroatoms. The highest BCUT2D eigenvalue weighted by Gasteiger charge is 2.13. The van der Waals surface area contributed by atoms with Crippen LogP contribution in [0.4, 0.5) is 4.39 Å². The van der Waals surface area contributed by atoms with E-state index in [1.54, 1.807) is 6.07 Å². The Hall–Kier alpha value is -2.92. The zero-order chi connectivity index (χ0) is 18.8. The van der Waals surface area contributed by atoms with E-state index in [9.17, 15) is 9.18 Å². The molecule has 0 spiro atoms. The van der Waals surface area contributed by atoms with Crippen LogP contribution < -0.4 is 16.1 Å². The first kappa shape index (κ1) is 17.5. The molecule has 3 N–H and O–H groups in total. The topological polar surface area (TPSA) is 112 Å². The van der Waals surface area contributed by atoms with Crippen molar-refractivity contribution in [1.29, 1.82) is 0 Å². The van der Waals surface area contributed by atoms with Crippen molar-refractivity contribution in [3.8, 4) is 5.75 Å². The summed E-state index contributed by atoms with van der Waals surface area (Å²) in [5.41, 5.74) is 0.509. The zero-order valence-corrected chi connectivity index (χ0v) is 15.4. The van der Waals surface area contributed by atoms with Crippen LogP contribution in [0.5, 0.6) is 5.75 Å². The number of nitrogens with zero attached hydrogens (tertiary/aromatic N) is 4. The standard InChI is InChI=1S/C16H13FN6O2S2/c17-9-1-3-10(4-2-9)25-7-13-21-22-16(23(13)18)27-8-12-19-11-5-6-26-14(11)15(24)20-12/h1-6H,7-8,18H2,(H,19,20,24). The highest BCUT2D eigenvalue weighted by Crippen LogP contribution is 2.21. The van der Waals surface area contributed by atoms with Gasteiger partial charge in [-0.2, -0.15) is 0 Å². The number of thiophene rings is 1. The van der Waals surface area contributed by atoms with Crippen molar-refractivity contribution in [3.05, 3.63) is 63.5 Å². The maximum atomic E-state index is 12.9. The van der Waals surface area contributed by atoms with Gasteiger partial charge in [-0.3, -0.25) is 4.79 Å². The lowest BCUT2D eigenvalue weighted by molar-refractivity contribution is 0.291. The van der Waals surface area contributed by atoms with Gasteiger partial charge in [-0.1, -0.05) is 11.8 Å². The number of benzene rings is 1. The highest BCUT2D eigenvalue weighted by atomic mass is 32.2. The zero-order valence-electron chi connectivity index (χ0n) is 13.8. The summed E-state index contributed by atoms with van der Waals surface area (Å²) in [5.74, 6) is 7.49. The SMILES string of the molecule is Nn1c(COc2ccc(F)cc2)nnc1SCc1nc2ccsc2c(=O)[nH]1. The van der Waals surface area contributed by atoms with Gasteiger partial charge in [0, 0.05) is 0 Å². The van der Waals surface area contributed by atoms with E-state index in [0.717, 1.165) is 0 Å². The van der Waals surface area contributed by atoms with E-state index in [1.807, 2.05) is 5.38 Å². The fourth-order valence-corrected chi connectivity index (χ4v) is 3.78. The number of aromatic amines is 1. The Morgan fingerprint density at radius 1 is 1.26 bits per heavy atom. The van der Waals surface area contributed by atoms with Crippen LogP contribution in [0.15, 0.2) is 45.7 Å². The van der Waals surface area contributed by atoms with Gasteiger partial charge in [0.1, 0.15) is 28.7 Å². The summed E-state index contributed by atoms with van der Waals surface area (Å²) in [6.45, 7) is 0.0889. The van der Waals surface area contributed by atoms with Crippen LogP contribution >= 0.6 is 23.1 Å². The monoisotopic (exact) mass is 404 g/mol. The van der Waals surface area contributed by atoms with Crippen molar-refractivity contribution >= 4 is 33.3 Å². The quantitative estimate of drug-likeness (QED) is 0.375. The van der Waals surface area contributed by atoms with Gasteiger partial charge in [0.2, 0.25) is 5.16 Å². The summed E-state index contributed by atoms with van der Waals surface area (Å²) in [7, 11) is 0. The lowest BCUT2D eigenvalue weighted by Gasteiger charge is -2.06. The minimum Gasteiger partial charge on any atom is -0.486 e. The van der Waals surface area contributed by atoms with Crippen molar-refractivity contribution in [2.45, 2.75) is 17.5 Å². The molecule has 4 aromatic rings. The van der Waals surface area contributed by atoms with Crippen molar-refractivity contribution in [3.63, 3.8) is 0 Å². The lowest BCUT2D eigenvalue weighted by Crippen LogP contribution is -2.16. The number of ether oxygens (including phenoxy) is 1. The van der Waals surface area contributed by atoms with Gasteiger partial charge in [0.15, 0.2) is 5.82 Å². The van der Waals surface area contributed by atoms with Gasteiger partial charge in [-0.25, -0.2) is 14.1 Å². The van der Waals surface area contributed by atoms with Gasteiger partial charge in [-0.05, 0) is 35.7 Å². The molecule has 0 amide bonds. The first-order valence-corrected chi connectivity index (χ1v) is 9.63. The highest BCUT2D eigenvalue weighted by molar-refractivity contribution is 7.98. The van der Waals surface area contributed by atoms with E-state index < -0.39 is 0 Å². The predicted octanol–water partition coefficient (Wildman–Crippen LogP) is 2.30. The van der Waals surface area contributed by atoms with Crippen LogP contribution in [0.1, 0.15) is 11.6 Å². The van der Waals surface area contributed by atoms with Crippen molar-refractivity contribution in [1.82, 2.24) is 24.8 Å². The van der Waals surface area contributed by atoms with Crippen LogP contribution in [0, 0.1) is 5.82 Å². The molecule has 0 fully saturated rings. The van der Waals surface area contributed by atoms with Gasteiger partial charge in [-0.15, -0.1) is 21.5 Å². The van der Waals surface area contributed by atoms with Crippen LogP contribution in [0.2, 0.25) is 0 Å². The lowest BCUT2D eigenvalue weighted by atomic mass is 10.3. The molecule has 8 nitrogen and oxygen atoms in total. The molecule has 138 valence electrons. The van der Waals surface area contributed by atoms with Gasteiger partial charge in [0.25, 0.3) is 5.56 Å². The fourth-order valence-electron chi connectivity index (χ4n) is 2.31. The maximum absolute atomic E-state index is 12.9. The van der Waals surface area contributed by atoms with Crippen molar-refractivity contribution < 1.29 is 9.13 Å². The van der Waals surface area contributed by atoms with Crippen LogP contribution in [0.25, 0.3) is 10.2 Å². The molecule has 0 unspecified atom stereocenters. The molecule has 0 aliphatic heterocycles. The molecule has 0 atom stereocenters. The third kappa shape index (κ3) is 3.78. The molecule has 0 aliphatic carbocycles. The molecule has 0 bridgehead atoms. The number of hydrogen-bond donors (Lipinski definition) is 2. The number of nitrogens with two attached hydrogens (primary N) is 1. The molecule has 0 radical (unpaired) electrons. The Bertz CT molecular complexity index is 1140. The molecule has 27 heavy (non-hydrogen) atoms. The summed E-state index contributed by atoms with van der Waals surface area (Å²) in [5, 5.41) is 10.3. The average molecular weight is 404 g/mol. The number of rotatable bonds is 6. The number of H-pyrrole nitrogens is 1. The van der Waals surface area contributed by atoms with E-state index in [4.69, 9.17) is 10.6 Å². The Morgan fingerprint density at radius 3 is 2.89 bits per heavy atom. The average Bonchev–Trinajstić information content (AvgIpc) is 3.27. The Balaban J connectivity index is 1.42. The second kappa shape index (κ2) is 7.37. The summed E-state index contributed by atoms with van der Waals surface area (Å²) in [6, 6.07) is 7.46. The third-order valence-electron chi connectivity index (χ3n) is 3.62. The van der Waals surface area contributed by atoms with Gasteiger partial charge < -0.3 is 15.6 Å². The molecule has 4 rings (SSSR count). The molecule has 0 saturated carbocycles. The molecule has 3 aromatic heterocycles. The largest absolute Gasteiger partial charge is 0.486 e. The van der Waals surface area contributed by atoms with Crippen molar-refractivity contribution in [2.75, 3.05) is 5.84 Å². The number of halogens is 1. The summed E-state index contributed by atoms with van der Waals surface area (Å²) >= 11 is 2.65. The smallest absolute Gasteiger partial charge is 0.268 e. The minimum absolute atomic E-state index is 0.0889. The molecule has 0 aliphatic rings. The van der Waals surface area contributed by atoms with E-state index in [0.29, 0.717) is 38.5 Å². The normalized spacial score (nSPS) is 11.1. The van der Waals surface area contributed by atoms with E-state index in [1.165, 1.54) is 52.0 Å². The van der Waals surface area contributed by atoms with Gasteiger partial charge in [0.05, 0.1) is 11.3 Å². The predicted molar refractivity (Wildman–Crippen MR) is 101 cm³/mol. The summed E-state index contributed by atoms with van der Waals surface area (Å²) in [6.07, 6.45) is 0. The second-order valence-corrected chi connectivity index (χ2v) is 7.31. The molecular weight excluding hydrogens is 391 g/mol. The number of fused-ring (bicyclic) bond motifs is 1. The second-order valence-electron chi connectivity index (χ2n) is 5.45. The van der Waals surface area contributed by atoms with E-state index in [2.05, 4.69) is 20.2 Å². The third-order valence-corrected chi connectivity index (χ3v) is 5.48. The summed E-state index contributed by atoms with van der Waals surface area (Å²) in [4.78, 5) is 19.2. The number of nitrogens with one attached hydrogen (secondary N) is 1. The summed E-state index contributed by atoms with van der Waals surface area (Å²) < 4.78 is 20.3. The number of aromatic nitrogens is 5. The van der Waals surface area contributed by atoms with Gasteiger partial charge >= 0.3 is 0 Å². The maximum Gasteiger partial charge on any atom is 0.268 e. The molecule has 0 saturated heterocycles. The number of thioether (sulfide) groups is 1. The fraction of sp³-hybridized carbons (Fsp3) is 0.125. The Morgan fingerprint density at radius 2 is 2.07 bits per heavy atom. The van der Waals surface area contributed by atoms with E-state index >= 15 is 0 Å². The Kier molecular flexibility index (Phi) is 4.77. The first-order valence-electron chi connectivity index (χ1n) is 7.77. The number of hydrogen-bond acceptors (Lipinski definition) is 8. The molecular formula is C16H13FN6O2S2. The van der Waals surface area contributed by atoms with Crippen LogP contribution in [0.3, 0.4) is 0 Å². The molecule has 1 aromatic carbocycles. The molecule has 3 heterocycles. The Labute approximate surface area is 160 Å². The van der Waals surface area contributed by atoms with Crippen molar-refractivity contribution in [2.24, 2.45) is 0 Å². The minimum atomic E-state index is -0.338. The first-order chi connectivity index (χ1) is 13.1.